The normalized spacial score (nSPS) is 20.9. The summed E-state index contributed by atoms with van der Waals surface area (Å²) >= 11 is 0. The first kappa shape index (κ1) is 26.8. The van der Waals surface area contributed by atoms with Gasteiger partial charge in [0.1, 0.15) is 12.5 Å². The SMILES string of the molecule is CC(C)(CF)C(=O)N(C/C=C/c1cnc2c(c1)C[C@@]1(C2)C(=O)N(C(=O)O)c2ncccc21)[C@@H]1CCc2ccccc21. The van der Waals surface area contributed by atoms with Crippen molar-refractivity contribution in [1.82, 2.24) is 14.9 Å². The van der Waals surface area contributed by atoms with Crippen molar-refractivity contribution >= 4 is 29.8 Å². The number of hydrogen-bond acceptors (Lipinski definition) is 5. The molecule has 0 saturated carbocycles. The summed E-state index contributed by atoms with van der Waals surface area (Å²) in [5, 5.41) is 9.71. The quantitative estimate of drug-likeness (QED) is 0.457. The molecule has 0 bridgehead atoms. The van der Waals surface area contributed by atoms with Crippen LogP contribution in [0.15, 0.2) is 60.9 Å². The Morgan fingerprint density at radius 2 is 1.98 bits per heavy atom. The Morgan fingerprint density at radius 1 is 1.17 bits per heavy atom. The van der Waals surface area contributed by atoms with Gasteiger partial charge in [0.2, 0.25) is 11.8 Å². The van der Waals surface area contributed by atoms with Gasteiger partial charge >= 0.3 is 6.09 Å². The number of carbonyl (C=O) groups excluding carboxylic acids is 2. The first-order valence-corrected chi connectivity index (χ1v) is 13.8. The average molecular weight is 555 g/mol. The first-order valence-electron chi connectivity index (χ1n) is 13.8. The number of benzene rings is 1. The van der Waals surface area contributed by atoms with Crippen LogP contribution >= 0.6 is 0 Å². The van der Waals surface area contributed by atoms with Crippen molar-refractivity contribution in [2.75, 3.05) is 18.1 Å². The molecular weight excluding hydrogens is 523 g/mol. The Bertz CT molecular complexity index is 1600. The molecule has 0 radical (unpaired) electrons. The third-order valence-electron chi connectivity index (χ3n) is 8.62. The lowest BCUT2D eigenvalue weighted by molar-refractivity contribution is -0.143. The van der Waals surface area contributed by atoms with Gasteiger partial charge in [-0.3, -0.25) is 14.6 Å². The molecule has 3 aliphatic rings. The average Bonchev–Trinajstić information content (AvgIpc) is 3.63. The summed E-state index contributed by atoms with van der Waals surface area (Å²) in [7, 11) is 0. The van der Waals surface area contributed by atoms with E-state index in [0.717, 1.165) is 40.1 Å². The highest BCUT2D eigenvalue weighted by Crippen LogP contribution is 2.48. The largest absolute Gasteiger partial charge is 0.464 e. The van der Waals surface area contributed by atoms with Crippen LogP contribution in [0, 0.1) is 5.41 Å². The molecule has 1 aromatic carbocycles. The molecule has 3 amide bonds. The lowest BCUT2D eigenvalue weighted by Crippen LogP contribution is -2.43. The van der Waals surface area contributed by atoms with Crippen molar-refractivity contribution < 1.29 is 23.9 Å². The Hall–Kier alpha value is -4.40. The number of nitrogens with zero attached hydrogens (tertiary/aromatic N) is 4. The highest BCUT2D eigenvalue weighted by molar-refractivity contribution is 6.20. The van der Waals surface area contributed by atoms with E-state index >= 15 is 0 Å². The molecule has 3 aromatic rings. The van der Waals surface area contributed by atoms with Gasteiger partial charge in [0, 0.05) is 36.6 Å². The molecule has 2 atom stereocenters. The Morgan fingerprint density at radius 3 is 2.76 bits per heavy atom. The molecule has 0 fully saturated rings. The van der Waals surface area contributed by atoms with Crippen LogP contribution in [0.4, 0.5) is 15.0 Å². The number of halogens is 1. The number of amides is 3. The molecule has 6 rings (SSSR count). The van der Waals surface area contributed by atoms with Crippen molar-refractivity contribution in [2.24, 2.45) is 5.41 Å². The number of fused-ring (bicyclic) bond motifs is 4. The van der Waals surface area contributed by atoms with Crippen molar-refractivity contribution in [2.45, 2.75) is 51.0 Å². The molecule has 9 heteroatoms. The zero-order chi connectivity index (χ0) is 28.9. The second kappa shape index (κ2) is 9.90. The number of aryl methyl sites for hydroxylation is 1. The van der Waals surface area contributed by atoms with Crippen LogP contribution in [0.3, 0.4) is 0 Å². The van der Waals surface area contributed by atoms with E-state index in [4.69, 9.17) is 0 Å². The van der Waals surface area contributed by atoms with Gasteiger partial charge in [0.05, 0.1) is 16.9 Å². The number of carboxylic acid groups (broad SMARTS) is 1. The molecule has 2 aliphatic carbocycles. The van der Waals surface area contributed by atoms with E-state index in [9.17, 15) is 23.9 Å². The maximum atomic E-state index is 13.9. The Kier molecular flexibility index (Phi) is 6.47. The van der Waals surface area contributed by atoms with E-state index in [1.807, 2.05) is 36.4 Å². The van der Waals surface area contributed by atoms with Gasteiger partial charge in [-0.05, 0) is 67.5 Å². The molecule has 0 saturated heterocycles. The maximum Gasteiger partial charge on any atom is 0.420 e. The third-order valence-corrected chi connectivity index (χ3v) is 8.62. The molecule has 1 N–H and O–H groups in total. The van der Waals surface area contributed by atoms with E-state index in [2.05, 4.69) is 16.0 Å². The number of rotatable bonds is 6. The highest BCUT2D eigenvalue weighted by atomic mass is 19.1. The standard InChI is InChI=1S/C32H31FN4O4/c1-31(2,19-33)28(38)36(26-12-11-21-8-3-4-9-23(21)26)14-6-7-20-15-22-16-32(17-25(22)35-18-20)24-10-5-13-34-27(24)37(29(32)39)30(40)41/h3-10,13,15,18,26H,11-12,14,16-17,19H2,1-2H3,(H,40,41)/b7-6+/t26-,32+/m1/s1. The number of pyridine rings is 2. The minimum absolute atomic E-state index is 0.119. The summed E-state index contributed by atoms with van der Waals surface area (Å²) in [6, 6.07) is 13.4. The van der Waals surface area contributed by atoms with Gasteiger partial charge in [0.15, 0.2) is 0 Å². The molecule has 3 heterocycles. The van der Waals surface area contributed by atoms with Crippen LogP contribution in [0.25, 0.3) is 6.08 Å². The minimum atomic E-state index is -1.35. The predicted molar refractivity (Wildman–Crippen MR) is 151 cm³/mol. The van der Waals surface area contributed by atoms with Gasteiger partial charge in [0.25, 0.3) is 0 Å². The molecule has 0 unspecified atom stereocenters. The molecule has 41 heavy (non-hydrogen) atoms. The van der Waals surface area contributed by atoms with Gasteiger partial charge in [-0.2, -0.15) is 4.90 Å². The van der Waals surface area contributed by atoms with Crippen molar-refractivity contribution in [1.29, 1.82) is 0 Å². The highest BCUT2D eigenvalue weighted by Gasteiger charge is 2.57. The second-order valence-corrected chi connectivity index (χ2v) is 11.7. The smallest absolute Gasteiger partial charge is 0.420 e. The fourth-order valence-corrected chi connectivity index (χ4v) is 6.49. The molecule has 2 aromatic heterocycles. The van der Waals surface area contributed by atoms with E-state index in [-0.39, 0.29) is 17.8 Å². The lowest BCUT2D eigenvalue weighted by Gasteiger charge is -2.34. The lowest BCUT2D eigenvalue weighted by atomic mass is 9.79. The number of hydrogen-bond donors (Lipinski definition) is 1. The third kappa shape index (κ3) is 4.31. The van der Waals surface area contributed by atoms with Crippen LogP contribution in [0.1, 0.15) is 59.8 Å². The summed E-state index contributed by atoms with van der Waals surface area (Å²) < 4.78 is 13.9. The van der Waals surface area contributed by atoms with Crippen LogP contribution in [-0.2, 0) is 34.3 Å². The number of aromatic nitrogens is 2. The van der Waals surface area contributed by atoms with Crippen LogP contribution < -0.4 is 4.90 Å². The number of carbonyl (C=O) groups is 3. The van der Waals surface area contributed by atoms with E-state index in [1.54, 1.807) is 37.1 Å². The van der Waals surface area contributed by atoms with E-state index in [1.165, 1.54) is 11.8 Å². The summed E-state index contributed by atoms with van der Waals surface area (Å²) in [5.41, 5.74) is 3.18. The molecule has 210 valence electrons. The summed E-state index contributed by atoms with van der Waals surface area (Å²) in [4.78, 5) is 50.1. The zero-order valence-corrected chi connectivity index (χ0v) is 23.0. The fourth-order valence-electron chi connectivity index (χ4n) is 6.49. The minimum Gasteiger partial charge on any atom is -0.464 e. The van der Waals surface area contributed by atoms with E-state index in [0.29, 0.717) is 24.9 Å². The molecular formula is C32H31FN4O4. The van der Waals surface area contributed by atoms with Gasteiger partial charge < -0.3 is 10.0 Å². The van der Waals surface area contributed by atoms with Crippen molar-refractivity contribution in [3.63, 3.8) is 0 Å². The maximum absolute atomic E-state index is 13.9. The molecule has 1 spiro atoms. The topological polar surface area (TPSA) is 104 Å². The summed E-state index contributed by atoms with van der Waals surface area (Å²) in [5.74, 6) is -0.571. The van der Waals surface area contributed by atoms with Gasteiger partial charge in [-0.25, -0.2) is 14.2 Å². The van der Waals surface area contributed by atoms with Gasteiger partial charge in [-0.15, -0.1) is 0 Å². The van der Waals surface area contributed by atoms with Crippen LogP contribution in [-0.4, -0.2) is 51.1 Å². The van der Waals surface area contributed by atoms with Gasteiger partial charge in [-0.1, -0.05) is 42.5 Å². The summed E-state index contributed by atoms with van der Waals surface area (Å²) in [6.45, 7) is 2.84. The van der Waals surface area contributed by atoms with E-state index < -0.39 is 29.5 Å². The Balaban J connectivity index is 1.25. The first-order chi connectivity index (χ1) is 19.7. The molecule has 8 nitrogen and oxygen atoms in total. The number of anilines is 1. The van der Waals surface area contributed by atoms with Crippen molar-refractivity contribution in [3.05, 3.63) is 94.4 Å². The number of imide groups is 1. The molecule has 1 aliphatic heterocycles. The number of alkyl halides is 1. The van der Waals surface area contributed by atoms with Crippen LogP contribution in [0.5, 0.6) is 0 Å². The fraction of sp³-hybridized carbons (Fsp3) is 0.344. The summed E-state index contributed by atoms with van der Waals surface area (Å²) in [6.07, 6.45) is 7.93. The monoisotopic (exact) mass is 554 g/mol. The van der Waals surface area contributed by atoms with Crippen molar-refractivity contribution in [3.8, 4) is 0 Å². The Labute approximate surface area is 237 Å². The second-order valence-electron chi connectivity index (χ2n) is 11.7. The zero-order valence-electron chi connectivity index (χ0n) is 23.0. The van der Waals surface area contributed by atoms with Crippen LogP contribution in [0.2, 0.25) is 0 Å². The predicted octanol–water partition coefficient (Wildman–Crippen LogP) is 5.06.